The highest BCUT2D eigenvalue weighted by Gasteiger charge is 2.20. The summed E-state index contributed by atoms with van der Waals surface area (Å²) in [6.45, 7) is 5.35. The van der Waals surface area contributed by atoms with E-state index in [2.05, 4.69) is 15.1 Å². The first-order valence-electron chi connectivity index (χ1n) is 9.65. The van der Waals surface area contributed by atoms with Crippen LogP contribution in [0.4, 0.5) is 13.2 Å². The number of nitrogens with zero attached hydrogens (tertiary/aromatic N) is 5. The minimum Gasteiger partial charge on any atom is -0.392 e. The first-order valence-corrected chi connectivity index (χ1v) is 9.65. The second-order valence-electron chi connectivity index (χ2n) is 7.48. The molecule has 0 saturated carbocycles. The van der Waals surface area contributed by atoms with E-state index in [0.717, 1.165) is 23.5 Å². The van der Waals surface area contributed by atoms with Gasteiger partial charge in [-0.05, 0) is 51.1 Å². The molecule has 4 rings (SSSR count). The van der Waals surface area contributed by atoms with Crippen molar-refractivity contribution in [3.8, 4) is 28.5 Å². The van der Waals surface area contributed by atoms with Gasteiger partial charge in [-0.15, -0.1) is 0 Å². The third-order valence-corrected chi connectivity index (χ3v) is 4.86. The Balaban J connectivity index is 1.81. The van der Waals surface area contributed by atoms with Crippen molar-refractivity contribution < 1.29 is 18.3 Å². The van der Waals surface area contributed by atoms with Crippen molar-refractivity contribution in [1.82, 2.24) is 24.3 Å². The Morgan fingerprint density at radius 1 is 1.03 bits per heavy atom. The molecule has 0 radical (unpaired) electrons. The van der Waals surface area contributed by atoms with Crippen LogP contribution in [-0.2, 0) is 6.61 Å². The Morgan fingerprint density at radius 3 is 2.32 bits per heavy atom. The molecule has 0 fully saturated rings. The molecule has 160 valence electrons. The first kappa shape index (κ1) is 20.8. The highest BCUT2D eigenvalue weighted by molar-refractivity contribution is 5.64. The third kappa shape index (κ3) is 3.84. The van der Waals surface area contributed by atoms with Gasteiger partial charge in [-0.2, -0.15) is 5.10 Å². The summed E-state index contributed by atoms with van der Waals surface area (Å²) in [5.74, 6) is -3.59. The molecule has 6 nitrogen and oxygen atoms in total. The number of halogens is 3. The molecule has 0 saturated heterocycles. The summed E-state index contributed by atoms with van der Waals surface area (Å²) in [5.41, 5.74) is 2.94. The molecule has 0 spiro atoms. The highest BCUT2D eigenvalue weighted by Crippen LogP contribution is 2.29. The monoisotopic (exact) mass is 427 g/mol. The van der Waals surface area contributed by atoms with Crippen LogP contribution in [0.1, 0.15) is 31.1 Å². The van der Waals surface area contributed by atoms with Gasteiger partial charge in [0.05, 0.1) is 24.3 Å². The fourth-order valence-electron chi connectivity index (χ4n) is 3.34. The maximum atomic E-state index is 13.8. The fraction of sp³-hybridized carbons (Fsp3) is 0.227. The second-order valence-corrected chi connectivity index (χ2v) is 7.48. The number of imidazole rings is 1. The number of hydrogen-bond acceptors (Lipinski definition) is 4. The quantitative estimate of drug-likeness (QED) is 0.473. The van der Waals surface area contributed by atoms with Crippen molar-refractivity contribution in [3.63, 3.8) is 0 Å². The average molecular weight is 427 g/mol. The van der Waals surface area contributed by atoms with E-state index in [1.54, 1.807) is 23.0 Å². The molecule has 0 bridgehead atoms. The van der Waals surface area contributed by atoms with Gasteiger partial charge in [-0.25, -0.2) is 27.8 Å². The van der Waals surface area contributed by atoms with E-state index in [1.165, 1.54) is 4.68 Å². The van der Waals surface area contributed by atoms with Crippen LogP contribution in [0, 0.1) is 24.4 Å². The smallest absolute Gasteiger partial charge is 0.194 e. The Kier molecular flexibility index (Phi) is 5.36. The van der Waals surface area contributed by atoms with E-state index in [9.17, 15) is 18.3 Å². The molecule has 0 atom stereocenters. The van der Waals surface area contributed by atoms with Gasteiger partial charge in [-0.1, -0.05) is 0 Å². The van der Waals surface area contributed by atoms with Crippen LogP contribution in [-0.4, -0.2) is 29.4 Å². The van der Waals surface area contributed by atoms with Crippen LogP contribution < -0.4 is 0 Å². The predicted molar refractivity (Wildman–Crippen MR) is 109 cm³/mol. The number of aryl methyl sites for hydroxylation is 1. The molecule has 9 heteroatoms. The van der Waals surface area contributed by atoms with E-state index in [1.807, 2.05) is 33.0 Å². The SMILES string of the molecule is Cc1cn(-c2ccc(-c3nc(-c4cc(F)c(F)c(F)c4)n(C(C)C)n3)cc2CO)cn1. The van der Waals surface area contributed by atoms with Crippen LogP contribution >= 0.6 is 0 Å². The van der Waals surface area contributed by atoms with Crippen molar-refractivity contribution in [1.29, 1.82) is 0 Å². The average Bonchev–Trinajstić information content (AvgIpc) is 3.38. The third-order valence-electron chi connectivity index (χ3n) is 4.86. The summed E-state index contributed by atoms with van der Waals surface area (Å²) in [6.07, 6.45) is 3.50. The highest BCUT2D eigenvalue weighted by atomic mass is 19.2. The van der Waals surface area contributed by atoms with Crippen molar-refractivity contribution >= 4 is 0 Å². The summed E-state index contributed by atoms with van der Waals surface area (Å²) in [5, 5.41) is 14.4. The normalized spacial score (nSPS) is 11.5. The van der Waals surface area contributed by atoms with Gasteiger partial charge in [0.1, 0.15) is 0 Å². The van der Waals surface area contributed by atoms with Crippen molar-refractivity contribution in [2.24, 2.45) is 0 Å². The van der Waals surface area contributed by atoms with E-state index in [0.29, 0.717) is 17.0 Å². The molecule has 2 heterocycles. The summed E-state index contributed by atoms with van der Waals surface area (Å²) < 4.78 is 44.3. The van der Waals surface area contributed by atoms with Crippen LogP contribution in [0.2, 0.25) is 0 Å². The van der Waals surface area contributed by atoms with Gasteiger partial charge in [0.25, 0.3) is 0 Å². The lowest BCUT2D eigenvalue weighted by molar-refractivity contribution is 0.281. The largest absolute Gasteiger partial charge is 0.392 e. The summed E-state index contributed by atoms with van der Waals surface area (Å²) >= 11 is 0. The Bertz CT molecular complexity index is 1240. The molecule has 1 N–H and O–H groups in total. The minimum atomic E-state index is -1.53. The number of aliphatic hydroxyl groups excluding tert-OH is 1. The molecule has 2 aromatic heterocycles. The van der Waals surface area contributed by atoms with Gasteiger partial charge in [0, 0.05) is 28.9 Å². The molecular formula is C22H20F3N5O. The summed E-state index contributed by atoms with van der Waals surface area (Å²) in [7, 11) is 0. The van der Waals surface area contributed by atoms with Gasteiger partial charge < -0.3 is 9.67 Å². The molecule has 2 aromatic carbocycles. The lowest BCUT2D eigenvalue weighted by Crippen LogP contribution is -2.06. The first-order chi connectivity index (χ1) is 14.8. The number of hydrogen-bond donors (Lipinski definition) is 1. The zero-order chi connectivity index (χ0) is 22.3. The number of aliphatic hydroxyl groups is 1. The lowest BCUT2D eigenvalue weighted by atomic mass is 10.1. The van der Waals surface area contributed by atoms with Gasteiger partial charge in [0.2, 0.25) is 0 Å². The van der Waals surface area contributed by atoms with Crippen LogP contribution in [0.25, 0.3) is 28.5 Å². The maximum Gasteiger partial charge on any atom is 0.194 e. The second kappa shape index (κ2) is 7.99. The molecule has 0 aliphatic carbocycles. The van der Waals surface area contributed by atoms with Crippen molar-refractivity contribution in [3.05, 3.63) is 71.6 Å². The topological polar surface area (TPSA) is 68.8 Å². The van der Waals surface area contributed by atoms with Gasteiger partial charge >= 0.3 is 0 Å². The number of benzene rings is 2. The predicted octanol–water partition coefficient (Wildman–Crippen LogP) is 4.60. The molecule has 31 heavy (non-hydrogen) atoms. The summed E-state index contributed by atoms with van der Waals surface area (Å²) in [6, 6.07) is 6.98. The fourth-order valence-corrected chi connectivity index (χ4v) is 3.34. The van der Waals surface area contributed by atoms with Crippen molar-refractivity contribution in [2.75, 3.05) is 0 Å². The van der Waals surface area contributed by atoms with Crippen LogP contribution in [0.5, 0.6) is 0 Å². The molecular weight excluding hydrogens is 407 g/mol. The van der Waals surface area contributed by atoms with Gasteiger partial charge in [-0.3, -0.25) is 0 Å². The van der Waals surface area contributed by atoms with E-state index in [4.69, 9.17) is 0 Å². The molecule has 0 aliphatic rings. The zero-order valence-electron chi connectivity index (χ0n) is 17.1. The van der Waals surface area contributed by atoms with E-state index in [-0.39, 0.29) is 24.0 Å². The summed E-state index contributed by atoms with van der Waals surface area (Å²) in [4.78, 5) is 8.66. The van der Waals surface area contributed by atoms with Gasteiger partial charge in [0.15, 0.2) is 29.1 Å². The Morgan fingerprint density at radius 2 is 1.74 bits per heavy atom. The Labute approximate surface area is 176 Å². The van der Waals surface area contributed by atoms with E-state index >= 15 is 0 Å². The zero-order valence-corrected chi connectivity index (χ0v) is 17.1. The number of rotatable bonds is 5. The minimum absolute atomic E-state index is 0.0803. The standard InChI is InChI=1S/C22H20F3N5O/c1-12(2)30-22(15-7-17(23)20(25)18(24)8-15)27-21(28-30)14-4-5-19(16(6-14)10-31)29-9-13(3)26-11-29/h4-9,11-12,31H,10H2,1-3H3. The molecule has 0 amide bonds. The lowest BCUT2D eigenvalue weighted by Gasteiger charge is -2.10. The molecule has 4 aromatic rings. The van der Waals surface area contributed by atoms with E-state index < -0.39 is 17.5 Å². The number of aromatic nitrogens is 5. The maximum absolute atomic E-state index is 13.8. The Hall–Kier alpha value is -3.46. The molecule has 0 unspecified atom stereocenters. The molecule has 0 aliphatic heterocycles. The van der Waals surface area contributed by atoms with Crippen LogP contribution in [0.3, 0.4) is 0 Å². The van der Waals surface area contributed by atoms with Crippen molar-refractivity contribution in [2.45, 2.75) is 33.4 Å². The van der Waals surface area contributed by atoms with Crippen LogP contribution in [0.15, 0.2) is 42.9 Å².